The quantitative estimate of drug-likeness (QED) is 0.491. The molecule has 0 amide bonds. The lowest BCUT2D eigenvalue weighted by Crippen LogP contribution is -2.45. The summed E-state index contributed by atoms with van der Waals surface area (Å²) in [7, 11) is 1.79. The Balaban J connectivity index is 1.77. The molecule has 0 saturated carbocycles. The van der Waals surface area contributed by atoms with Crippen LogP contribution in [0.1, 0.15) is 39.1 Å². The largest absolute Gasteiger partial charge is 0.456 e. The summed E-state index contributed by atoms with van der Waals surface area (Å²) in [5.74, 6) is -1.18. The van der Waals surface area contributed by atoms with Crippen LogP contribution >= 0.6 is 0 Å². The molecule has 3 aromatic rings. The summed E-state index contributed by atoms with van der Waals surface area (Å²) < 4.78 is 20.7. The molecule has 0 radical (unpaired) electrons. The fourth-order valence-electron chi connectivity index (χ4n) is 4.34. The summed E-state index contributed by atoms with van der Waals surface area (Å²) in [5.41, 5.74) is 0.248. The Bertz CT molecular complexity index is 1360. The molecule has 4 atom stereocenters. The minimum absolute atomic E-state index is 0.0601. The maximum Gasteiger partial charge on any atom is 0.333 e. The third kappa shape index (κ3) is 4.26. The molecule has 1 fully saturated rings. The molecule has 1 saturated heterocycles. The van der Waals surface area contributed by atoms with Gasteiger partial charge < -0.3 is 14.2 Å². The molecule has 11 nitrogen and oxygen atoms in total. The van der Waals surface area contributed by atoms with Gasteiger partial charge in [0.25, 0.3) is 5.56 Å². The van der Waals surface area contributed by atoms with Gasteiger partial charge in [-0.1, -0.05) is 25.1 Å². The zero-order valence-corrected chi connectivity index (χ0v) is 19.3. The van der Waals surface area contributed by atoms with Gasteiger partial charge in [0, 0.05) is 38.5 Å². The molecule has 2 aromatic heterocycles. The Kier molecular flexibility index (Phi) is 6.38. The van der Waals surface area contributed by atoms with Gasteiger partial charge >= 0.3 is 17.6 Å². The molecule has 180 valence electrons. The average molecular weight is 470 g/mol. The third-order valence-electron chi connectivity index (χ3n) is 5.80. The van der Waals surface area contributed by atoms with Crippen LogP contribution in [0.4, 0.5) is 0 Å². The maximum absolute atomic E-state index is 13.4. The first-order valence-corrected chi connectivity index (χ1v) is 10.9. The number of hydrogen-bond acceptors (Lipinski definition) is 8. The molecule has 0 bridgehead atoms. The number of esters is 2. The molecule has 0 aliphatic carbocycles. The van der Waals surface area contributed by atoms with Crippen LogP contribution in [0.2, 0.25) is 0 Å². The van der Waals surface area contributed by atoms with Gasteiger partial charge in [0.1, 0.15) is 6.10 Å². The summed E-state index contributed by atoms with van der Waals surface area (Å²) in [5, 5.41) is 5.29. The van der Waals surface area contributed by atoms with Gasteiger partial charge in [-0.15, -0.1) is 0 Å². The lowest BCUT2D eigenvalue weighted by atomic mass is 10.1. The third-order valence-corrected chi connectivity index (χ3v) is 5.80. The van der Waals surface area contributed by atoms with Gasteiger partial charge in [0.15, 0.2) is 18.4 Å². The first kappa shape index (κ1) is 23.4. The summed E-state index contributed by atoms with van der Waals surface area (Å²) in [6.07, 6.45) is -1.92. The number of benzene rings is 1. The van der Waals surface area contributed by atoms with E-state index in [9.17, 15) is 19.2 Å². The van der Waals surface area contributed by atoms with Crippen molar-refractivity contribution in [3.63, 3.8) is 0 Å². The number of ether oxygens (including phenoxy) is 3. The molecule has 3 heterocycles. The van der Waals surface area contributed by atoms with Gasteiger partial charge in [-0.3, -0.25) is 28.2 Å². The lowest BCUT2D eigenvalue weighted by molar-refractivity contribution is -0.165. The van der Waals surface area contributed by atoms with Crippen LogP contribution in [0.3, 0.4) is 0 Å². The summed E-state index contributed by atoms with van der Waals surface area (Å²) in [6, 6.07) is 8.74. The smallest absolute Gasteiger partial charge is 0.333 e. The van der Waals surface area contributed by atoms with Crippen molar-refractivity contribution in [3.05, 3.63) is 63.1 Å². The molecule has 4 rings (SSSR count). The van der Waals surface area contributed by atoms with Crippen molar-refractivity contribution < 1.29 is 23.8 Å². The van der Waals surface area contributed by atoms with Gasteiger partial charge in [0.2, 0.25) is 0 Å². The first-order chi connectivity index (χ1) is 16.2. The van der Waals surface area contributed by atoms with Gasteiger partial charge in [0.05, 0.1) is 17.8 Å². The zero-order chi connectivity index (χ0) is 24.6. The molecule has 3 unspecified atom stereocenters. The highest BCUT2D eigenvalue weighted by Gasteiger charge is 2.49. The van der Waals surface area contributed by atoms with E-state index in [-0.39, 0.29) is 6.54 Å². The van der Waals surface area contributed by atoms with E-state index < -0.39 is 47.7 Å². The van der Waals surface area contributed by atoms with Crippen LogP contribution in [0.25, 0.3) is 10.9 Å². The van der Waals surface area contributed by atoms with E-state index >= 15 is 0 Å². The highest BCUT2D eigenvalue weighted by molar-refractivity contribution is 5.81. The van der Waals surface area contributed by atoms with Crippen LogP contribution in [0.5, 0.6) is 0 Å². The van der Waals surface area contributed by atoms with Crippen molar-refractivity contribution in [2.75, 3.05) is 0 Å². The van der Waals surface area contributed by atoms with E-state index in [1.807, 2.05) is 31.2 Å². The predicted octanol–water partition coefficient (Wildman–Crippen LogP) is 1.12. The number of rotatable bonds is 6. The van der Waals surface area contributed by atoms with Gasteiger partial charge in [-0.25, -0.2) is 4.79 Å². The van der Waals surface area contributed by atoms with Crippen molar-refractivity contribution in [3.8, 4) is 0 Å². The van der Waals surface area contributed by atoms with E-state index in [4.69, 9.17) is 14.2 Å². The molecule has 1 aromatic carbocycles. The molecule has 1 aliphatic rings. The predicted molar refractivity (Wildman–Crippen MR) is 120 cm³/mol. The Morgan fingerprint density at radius 1 is 1.06 bits per heavy atom. The Hall–Kier alpha value is -3.73. The van der Waals surface area contributed by atoms with Crippen LogP contribution in [-0.4, -0.2) is 49.2 Å². The van der Waals surface area contributed by atoms with Gasteiger partial charge in [-0.2, -0.15) is 5.10 Å². The highest BCUT2D eigenvalue weighted by Crippen LogP contribution is 2.34. The van der Waals surface area contributed by atoms with Crippen molar-refractivity contribution in [1.29, 1.82) is 0 Å². The minimum Gasteiger partial charge on any atom is -0.456 e. The van der Waals surface area contributed by atoms with Gasteiger partial charge in [-0.05, 0) is 12.5 Å². The fraction of sp³-hybridized carbons (Fsp3) is 0.435. The van der Waals surface area contributed by atoms with Crippen LogP contribution in [-0.2, 0) is 37.4 Å². The average Bonchev–Trinajstić information content (AvgIpc) is 3.28. The van der Waals surface area contributed by atoms with Crippen LogP contribution in [0.15, 0.2) is 46.1 Å². The van der Waals surface area contributed by atoms with Crippen molar-refractivity contribution in [2.45, 2.75) is 58.3 Å². The van der Waals surface area contributed by atoms with Crippen molar-refractivity contribution in [2.24, 2.45) is 7.05 Å². The number of aryl methyl sites for hydroxylation is 1. The van der Waals surface area contributed by atoms with Crippen LogP contribution < -0.4 is 11.2 Å². The number of carbonyl (C=O) groups is 2. The molecular weight excluding hydrogens is 444 g/mol. The van der Waals surface area contributed by atoms with E-state index in [0.717, 1.165) is 15.5 Å². The SMILES string of the molecule is CCC1OC(n2ccc(=O)n(Cc3nn(C)c4ccccc34)c2=O)[C@@H](OC(C)=O)C1OC(C)=O. The topological polar surface area (TPSA) is 124 Å². The fourth-order valence-corrected chi connectivity index (χ4v) is 4.34. The molecule has 34 heavy (non-hydrogen) atoms. The van der Waals surface area contributed by atoms with E-state index in [0.29, 0.717) is 12.1 Å². The van der Waals surface area contributed by atoms with E-state index in [1.165, 1.54) is 30.7 Å². The maximum atomic E-state index is 13.4. The monoisotopic (exact) mass is 470 g/mol. The normalized spacial score (nSPS) is 22.1. The second kappa shape index (κ2) is 9.26. The van der Waals surface area contributed by atoms with Crippen molar-refractivity contribution in [1.82, 2.24) is 18.9 Å². The number of hydrogen-bond donors (Lipinski definition) is 0. The zero-order valence-electron chi connectivity index (χ0n) is 19.3. The molecular formula is C23H26N4O7. The number of carbonyl (C=O) groups excluding carboxylic acids is 2. The molecule has 0 N–H and O–H groups in total. The molecule has 11 heteroatoms. The Labute approximate surface area is 194 Å². The number of nitrogens with zero attached hydrogens (tertiary/aromatic N) is 4. The summed E-state index contributed by atoms with van der Waals surface area (Å²) in [6.45, 7) is 4.23. The Morgan fingerprint density at radius 2 is 1.74 bits per heavy atom. The number of para-hydroxylation sites is 1. The van der Waals surface area contributed by atoms with E-state index in [1.54, 1.807) is 11.7 Å². The Morgan fingerprint density at radius 3 is 2.41 bits per heavy atom. The lowest BCUT2D eigenvalue weighted by Gasteiger charge is -2.24. The first-order valence-electron chi connectivity index (χ1n) is 10.9. The second-order valence-electron chi connectivity index (χ2n) is 8.14. The standard InChI is InChI=1S/C23H26N4O7/c1-5-18-20(32-13(2)28)21(33-14(3)29)22(34-18)26-11-10-19(30)27(23(26)31)12-16-15-8-6-7-9-17(15)25(4)24-16/h6-11,18,20-22H,5,12H2,1-4H3/t18?,20?,21-,22?/m0/s1. The van der Waals surface area contributed by atoms with Crippen LogP contribution in [0, 0.1) is 0 Å². The second-order valence-corrected chi connectivity index (χ2v) is 8.14. The summed E-state index contributed by atoms with van der Waals surface area (Å²) in [4.78, 5) is 49.6. The summed E-state index contributed by atoms with van der Waals surface area (Å²) >= 11 is 0. The van der Waals surface area contributed by atoms with E-state index in [2.05, 4.69) is 5.10 Å². The number of aromatic nitrogens is 4. The van der Waals surface area contributed by atoms with Crippen molar-refractivity contribution >= 4 is 22.8 Å². The molecule has 0 spiro atoms. The minimum atomic E-state index is -1.09. The highest BCUT2D eigenvalue weighted by atomic mass is 16.6. The molecule has 1 aliphatic heterocycles. The number of fused-ring (bicyclic) bond motifs is 1.